The van der Waals surface area contributed by atoms with Crippen molar-refractivity contribution in [2.45, 2.75) is 11.8 Å². The van der Waals surface area contributed by atoms with Gasteiger partial charge in [0.15, 0.2) is 0 Å². The van der Waals surface area contributed by atoms with E-state index in [1.165, 1.54) is 6.07 Å². The molecule has 0 aromatic heterocycles. The van der Waals surface area contributed by atoms with E-state index in [0.717, 1.165) is 10.5 Å². The molecule has 0 amide bonds. The van der Waals surface area contributed by atoms with Crippen LogP contribution in [0.5, 0.6) is 5.75 Å². The molecule has 0 radical (unpaired) electrons. The Morgan fingerprint density at radius 1 is 1.50 bits per heavy atom. The predicted molar refractivity (Wildman–Crippen MR) is 44.5 cm³/mol. The molecular formula is C7H9NOS. The van der Waals surface area contributed by atoms with Crippen LogP contribution in [0.3, 0.4) is 0 Å². The Hall–Kier alpha value is -0.830. The lowest BCUT2D eigenvalue weighted by molar-refractivity contribution is 0.477. The van der Waals surface area contributed by atoms with E-state index in [4.69, 9.17) is 10.8 Å². The van der Waals surface area contributed by atoms with E-state index in [2.05, 4.69) is 12.6 Å². The molecule has 1 rings (SSSR count). The first-order valence-electron chi connectivity index (χ1n) is 2.90. The number of thiol groups is 1. The van der Waals surface area contributed by atoms with Gasteiger partial charge in [-0.1, -0.05) is 0 Å². The molecular weight excluding hydrogens is 146 g/mol. The van der Waals surface area contributed by atoms with Crippen molar-refractivity contribution >= 4 is 18.3 Å². The summed E-state index contributed by atoms with van der Waals surface area (Å²) in [5, 5.41) is 9.07. The Morgan fingerprint density at radius 3 is 2.60 bits per heavy atom. The highest BCUT2D eigenvalue weighted by Gasteiger charge is 2.01. The summed E-state index contributed by atoms with van der Waals surface area (Å²) < 4.78 is 0. The third-order valence-electron chi connectivity index (χ3n) is 1.46. The fraction of sp³-hybridized carbons (Fsp3) is 0.143. The van der Waals surface area contributed by atoms with Crippen LogP contribution < -0.4 is 5.73 Å². The summed E-state index contributed by atoms with van der Waals surface area (Å²) in [6.45, 7) is 1.82. The van der Waals surface area contributed by atoms with Crippen LogP contribution in [0.15, 0.2) is 17.0 Å². The Kier molecular flexibility index (Phi) is 1.76. The number of nitrogens with two attached hydrogens (primary N) is 1. The summed E-state index contributed by atoms with van der Waals surface area (Å²) in [5.41, 5.74) is 6.72. The molecule has 0 fully saturated rings. The van der Waals surface area contributed by atoms with E-state index in [-0.39, 0.29) is 5.75 Å². The zero-order valence-corrected chi connectivity index (χ0v) is 6.52. The van der Waals surface area contributed by atoms with Crippen molar-refractivity contribution in [3.8, 4) is 5.75 Å². The van der Waals surface area contributed by atoms with Gasteiger partial charge in [0.2, 0.25) is 0 Å². The average molecular weight is 155 g/mol. The summed E-state index contributed by atoms with van der Waals surface area (Å²) >= 11 is 4.12. The van der Waals surface area contributed by atoms with Gasteiger partial charge in [-0.15, -0.1) is 12.6 Å². The van der Waals surface area contributed by atoms with Gasteiger partial charge < -0.3 is 10.8 Å². The summed E-state index contributed by atoms with van der Waals surface area (Å²) in [4.78, 5) is 0.801. The van der Waals surface area contributed by atoms with E-state index in [0.29, 0.717) is 5.69 Å². The first-order chi connectivity index (χ1) is 4.63. The molecule has 1 aromatic rings. The number of anilines is 1. The molecule has 0 saturated carbocycles. The molecule has 54 valence electrons. The van der Waals surface area contributed by atoms with Gasteiger partial charge in [-0.05, 0) is 24.6 Å². The lowest BCUT2D eigenvalue weighted by atomic mass is 10.2. The minimum Gasteiger partial charge on any atom is -0.506 e. The van der Waals surface area contributed by atoms with Gasteiger partial charge in [-0.3, -0.25) is 0 Å². The highest BCUT2D eigenvalue weighted by atomic mass is 32.1. The molecule has 0 aliphatic carbocycles. The molecule has 1 aromatic carbocycles. The maximum absolute atomic E-state index is 9.07. The summed E-state index contributed by atoms with van der Waals surface area (Å²) in [7, 11) is 0. The lowest BCUT2D eigenvalue weighted by Gasteiger charge is -2.03. The van der Waals surface area contributed by atoms with Crippen molar-refractivity contribution in [1.29, 1.82) is 0 Å². The van der Waals surface area contributed by atoms with Crippen molar-refractivity contribution in [3.05, 3.63) is 17.7 Å². The van der Waals surface area contributed by atoms with Crippen LogP contribution in [0.2, 0.25) is 0 Å². The number of benzene rings is 1. The molecule has 0 heterocycles. The van der Waals surface area contributed by atoms with Crippen molar-refractivity contribution < 1.29 is 5.11 Å². The Labute approximate surface area is 65.1 Å². The van der Waals surface area contributed by atoms with E-state index >= 15 is 0 Å². The van der Waals surface area contributed by atoms with Crippen LogP contribution in [0, 0.1) is 6.92 Å². The molecule has 0 atom stereocenters. The molecule has 0 aliphatic rings. The van der Waals surface area contributed by atoms with Gasteiger partial charge in [0.1, 0.15) is 5.75 Å². The van der Waals surface area contributed by atoms with E-state index in [1.807, 2.05) is 6.92 Å². The van der Waals surface area contributed by atoms with Gasteiger partial charge in [0.25, 0.3) is 0 Å². The monoisotopic (exact) mass is 155 g/mol. The van der Waals surface area contributed by atoms with Crippen LogP contribution in [-0.4, -0.2) is 5.11 Å². The zero-order chi connectivity index (χ0) is 7.72. The SMILES string of the molecule is Cc1c(S)ccc(O)c1N. The van der Waals surface area contributed by atoms with Gasteiger partial charge in [0.05, 0.1) is 5.69 Å². The van der Waals surface area contributed by atoms with Crippen LogP contribution in [-0.2, 0) is 0 Å². The second-order valence-corrected chi connectivity index (χ2v) is 2.62. The van der Waals surface area contributed by atoms with Crippen LogP contribution in [0.4, 0.5) is 5.69 Å². The quantitative estimate of drug-likeness (QED) is 0.302. The first-order valence-corrected chi connectivity index (χ1v) is 3.34. The van der Waals surface area contributed by atoms with Crippen molar-refractivity contribution in [2.75, 3.05) is 5.73 Å². The van der Waals surface area contributed by atoms with E-state index in [1.54, 1.807) is 6.07 Å². The predicted octanol–water partition coefficient (Wildman–Crippen LogP) is 1.57. The minimum absolute atomic E-state index is 0.121. The second kappa shape index (κ2) is 2.42. The fourth-order valence-electron chi connectivity index (χ4n) is 0.703. The average Bonchev–Trinajstić information content (AvgIpc) is 1.93. The third kappa shape index (κ3) is 1.04. The maximum atomic E-state index is 9.07. The molecule has 3 heteroatoms. The maximum Gasteiger partial charge on any atom is 0.138 e. The topological polar surface area (TPSA) is 46.2 Å². The standard InChI is InChI=1S/C7H9NOS/c1-4-6(10)3-2-5(9)7(4)8/h2-3,9-10H,8H2,1H3. The molecule has 3 N–H and O–H groups in total. The zero-order valence-electron chi connectivity index (χ0n) is 5.63. The van der Waals surface area contributed by atoms with Crippen LogP contribution in [0.25, 0.3) is 0 Å². The van der Waals surface area contributed by atoms with Crippen LogP contribution in [0.1, 0.15) is 5.56 Å². The number of aromatic hydroxyl groups is 1. The number of hydrogen-bond acceptors (Lipinski definition) is 3. The summed E-state index contributed by atoms with van der Waals surface area (Å²) in [5.74, 6) is 0.121. The number of nitrogen functional groups attached to an aromatic ring is 1. The summed E-state index contributed by atoms with van der Waals surface area (Å²) in [6, 6.07) is 3.24. The van der Waals surface area contributed by atoms with Crippen molar-refractivity contribution in [1.82, 2.24) is 0 Å². The molecule has 0 spiro atoms. The number of phenols is 1. The number of phenolic OH excluding ortho intramolecular Hbond substituents is 1. The number of rotatable bonds is 0. The fourth-order valence-corrected chi connectivity index (χ4v) is 0.898. The Morgan fingerprint density at radius 2 is 2.10 bits per heavy atom. The van der Waals surface area contributed by atoms with Crippen molar-refractivity contribution in [2.24, 2.45) is 0 Å². The Balaban J connectivity index is 3.34. The first kappa shape index (κ1) is 7.28. The van der Waals surface area contributed by atoms with Crippen LogP contribution >= 0.6 is 12.6 Å². The van der Waals surface area contributed by atoms with E-state index in [9.17, 15) is 0 Å². The highest BCUT2D eigenvalue weighted by Crippen LogP contribution is 2.27. The lowest BCUT2D eigenvalue weighted by Crippen LogP contribution is -1.90. The van der Waals surface area contributed by atoms with Gasteiger partial charge in [0, 0.05) is 4.90 Å². The van der Waals surface area contributed by atoms with Gasteiger partial charge >= 0.3 is 0 Å². The molecule has 2 nitrogen and oxygen atoms in total. The third-order valence-corrected chi connectivity index (χ3v) is 1.95. The van der Waals surface area contributed by atoms with E-state index < -0.39 is 0 Å². The molecule has 0 bridgehead atoms. The smallest absolute Gasteiger partial charge is 0.138 e. The van der Waals surface area contributed by atoms with Crippen molar-refractivity contribution in [3.63, 3.8) is 0 Å². The molecule has 0 unspecified atom stereocenters. The second-order valence-electron chi connectivity index (χ2n) is 2.14. The normalized spacial score (nSPS) is 9.80. The minimum atomic E-state index is 0.121. The largest absolute Gasteiger partial charge is 0.506 e. The van der Waals surface area contributed by atoms with Gasteiger partial charge in [-0.25, -0.2) is 0 Å². The highest BCUT2D eigenvalue weighted by molar-refractivity contribution is 7.80. The van der Waals surface area contributed by atoms with Gasteiger partial charge in [-0.2, -0.15) is 0 Å². The Bertz CT molecular complexity index is 233. The molecule has 0 aliphatic heterocycles. The molecule has 10 heavy (non-hydrogen) atoms. The number of hydrogen-bond donors (Lipinski definition) is 3. The summed E-state index contributed by atoms with van der Waals surface area (Å²) in [6.07, 6.45) is 0. The molecule has 0 saturated heterocycles.